The molecule has 1 saturated heterocycles. The molecule has 2 aromatic rings. The van der Waals surface area contributed by atoms with Gasteiger partial charge in [0, 0.05) is 36.2 Å². The van der Waals surface area contributed by atoms with Gasteiger partial charge in [-0.15, -0.1) is 0 Å². The van der Waals surface area contributed by atoms with Gasteiger partial charge in [-0.1, -0.05) is 47.5 Å². The minimum absolute atomic E-state index is 0.209. The molecule has 2 nitrogen and oxygen atoms in total. The van der Waals surface area contributed by atoms with E-state index in [2.05, 4.69) is 5.32 Å². The molecule has 0 amide bonds. The van der Waals surface area contributed by atoms with Crippen molar-refractivity contribution < 1.29 is 13.2 Å². The Morgan fingerprint density at radius 1 is 0.960 bits per heavy atom. The summed E-state index contributed by atoms with van der Waals surface area (Å²) < 4.78 is 40.7. The van der Waals surface area contributed by atoms with Crippen LogP contribution in [0.2, 0.25) is 10.0 Å². The molecular weight excluding hydrogens is 372 g/mol. The van der Waals surface area contributed by atoms with Gasteiger partial charge in [-0.2, -0.15) is 13.2 Å². The third-order valence-electron chi connectivity index (χ3n) is 4.33. The van der Waals surface area contributed by atoms with Gasteiger partial charge in [0.05, 0.1) is 11.6 Å². The zero-order chi connectivity index (χ0) is 18.0. The molecule has 1 heterocycles. The maximum absolute atomic E-state index is 13.6. The molecule has 0 bridgehead atoms. The van der Waals surface area contributed by atoms with Crippen molar-refractivity contribution in [3.05, 3.63) is 69.2 Å². The quantitative estimate of drug-likeness (QED) is 0.794. The number of piperazine rings is 1. The predicted octanol–water partition coefficient (Wildman–Crippen LogP) is 5.01. The Kier molecular flexibility index (Phi) is 5.58. The molecule has 1 atom stereocenters. The average Bonchev–Trinajstić information content (AvgIpc) is 2.58. The second kappa shape index (κ2) is 7.54. The number of nitrogens with one attached hydrogen (secondary N) is 1. The van der Waals surface area contributed by atoms with E-state index in [1.807, 2.05) is 4.90 Å². The average molecular weight is 389 g/mol. The second-order valence-corrected chi connectivity index (χ2v) is 6.78. The zero-order valence-electron chi connectivity index (χ0n) is 13.3. The highest BCUT2D eigenvalue weighted by Gasteiger charge is 2.37. The van der Waals surface area contributed by atoms with Crippen molar-refractivity contribution >= 4 is 23.2 Å². The highest BCUT2D eigenvalue weighted by molar-refractivity contribution is 6.35. The molecule has 1 aliphatic rings. The van der Waals surface area contributed by atoms with E-state index < -0.39 is 17.8 Å². The Labute approximate surface area is 154 Å². The number of rotatable bonds is 3. The summed E-state index contributed by atoms with van der Waals surface area (Å²) in [5, 5.41) is 4.05. The van der Waals surface area contributed by atoms with E-state index >= 15 is 0 Å². The van der Waals surface area contributed by atoms with Gasteiger partial charge >= 0.3 is 6.18 Å². The number of hydrogen-bond acceptors (Lipinski definition) is 2. The SMILES string of the molecule is FC(F)(F)c1ccccc1C(c1ccc(Cl)cc1Cl)N1CCNCC1. The molecule has 134 valence electrons. The minimum atomic E-state index is -4.43. The molecule has 2 aromatic carbocycles. The van der Waals surface area contributed by atoms with Gasteiger partial charge < -0.3 is 5.32 Å². The lowest BCUT2D eigenvalue weighted by atomic mass is 9.92. The number of nitrogens with zero attached hydrogens (tertiary/aromatic N) is 1. The second-order valence-electron chi connectivity index (χ2n) is 5.94. The molecule has 1 unspecified atom stereocenters. The van der Waals surface area contributed by atoms with E-state index in [-0.39, 0.29) is 5.56 Å². The lowest BCUT2D eigenvalue weighted by Gasteiger charge is -2.37. The number of benzene rings is 2. The summed E-state index contributed by atoms with van der Waals surface area (Å²) in [5.74, 6) is 0. The fourth-order valence-corrected chi connectivity index (χ4v) is 3.73. The summed E-state index contributed by atoms with van der Waals surface area (Å²) in [6, 6.07) is 10.1. The first-order chi connectivity index (χ1) is 11.9. The van der Waals surface area contributed by atoms with Crippen LogP contribution in [0.3, 0.4) is 0 Å². The van der Waals surface area contributed by atoms with Crippen molar-refractivity contribution in [3.63, 3.8) is 0 Å². The largest absolute Gasteiger partial charge is 0.416 e. The van der Waals surface area contributed by atoms with Crippen LogP contribution in [0.25, 0.3) is 0 Å². The lowest BCUT2D eigenvalue weighted by Crippen LogP contribution is -2.45. The Morgan fingerprint density at radius 2 is 1.64 bits per heavy atom. The van der Waals surface area contributed by atoms with E-state index in [0.717, 1.165) is 19.2 Å². The van der Waals surface area contributed by atoms with Gasteiger partial charge in [-0.3, -0.25) is 4.90 Å². The van der Waals surface area contributed by atoms with Gasteiger partial charge in [0.1, 0.15) is 0 Å². The molecular formula is C18H17Cl2F3N2. The van der Waals surface area contributed by atoms with Crippen molar-refractivity contribution in [2.24, 2.45) is 0 Å². The summed E-state index contributed by atoms with van der Waals surface area (Å²) in [4.78, 5) is 2.02. The molecule has 0 radical (unpaired) electrons. The smallest absolute Gasteiger partial charge is 0.314 e. The van der Waals surface area contributed by atoms with Gasteiger partial charge in [-0.05, 0) is 29.3 Å². The van der Waals surface area contributed by atoms with Crippen molar-refractivity contribution in [2.75, 3.05) is 26.2 Å². The van der Waals surface area contributed by atoms with Crippen LogP contribution >= 0.6 is 23.2 Å². The van der Waals surface area contributed by atoms with Crippen molar-refractivity contribution in [2.45, 2.75) is 12.2 Å². The maximum Gasteiger partial charge on any atom is 0.416 e. The molecule has 3 rings (SSSR count). The van der Waals surface area contributed by atoms with Crippen LogP contribution < -0.4 is 5.32 Å². The van der Waals surface area contributed by atoms with Crippen LogP contribution in [0.5, 0.6) is 0 Å². The van der Waals surface area contributed by atoms with Crippen LogP contribution in [0, 0.1) is 0 Å². The summed E-state index contributed by atoms with van der Waals surface area (Å²) in [6.45, 7) is 2.71. The summed E-state index contributed by atoms with van der Waals surface area (Å²) in [5.41, 5.74) is 0.204. The summed E-state index contributed by atoms with van der Waals surface area (Å²) >= 11 is 12.3. The fourth-order valence-electron chi connectivity index (χ4n) is 3.22. The molecule has 0 saturated carbocycles. The van der Waals surface area contributed by atoms with Gasteiger partial charge in [0.2, 0.25) is 0 Å². The molecule has 1 fully saturated rings. The third kappa shape index (κ3) is 4.11. The molecule has 0 spiro atoms. The molecule has 7 heteroatoms. The monoisotopic (exact) mass is 388 g/mol. The molecule has 1 N–H and O–H groups in total. The van der Waals surface area contributed by atoms with Crippen molar-refractivity contribution in [1.82, 2.24) is 10.2 Å². The topological polar surface area (TPSA) is 15.3 Å². The van der Waals surface area contributed by atoms with Gasteiger partial charge in [0.15, 0.2) is 0 Å². The number of halogens is 5. The number of hydrogen-bond donors (Lipinski definition) is 1. The van der Waals surface area contributed by atoms with E-state index in [0.29, 0.717) is 28.7 Å². The van der Waals surface area contributed by atoms with Crippen LogP contribution in [-0.2, 0) is 6.18 Å². The van der Waals surface area contributed by atoms with Gasteiger partial charge in [-0.25, -0.2) is 0 Å². The van der Waals surface area contributed by atoms with Crippen LogP contribution in [0.1, 0.15) is 22.7 Å². The summed E-state index contributed by atoms with van der Waals surface area (Å²) in [7, 11) is 0. The highest BCUT2D eigenvalue weighted by Crippen LogP contribution is 2.41. The standard InChI is InChI=1S/C18H17Cl2F3N2/c19-12-5-6-14(16(20)11-12)17(25-9-7-24-8-10-25)13-3-1-2-4-15(13)18(21,22)23/h1-6,11,17,24H,7-10H2. The van der Waals surface area contributed by atoms with Crippen LogP contribution in [0.4, 0.5) is 13.2 Å². The Bertz CT molecular complexity index is 743. The summed E-state index contributed by atoms with van der Waals surface area (Å²) in [6.07, 6.45) is -4.43. The molecule has 25 heavy (non-hydrogen) atoms. The van der Waals surface area contributed by atoms with Crippen molar-refractivity contribution in [3.8, 4) is 0 Å². The molecule has 0 aromatic heterocycles. The zero-order valence-corrected chi connectivity index (χ0v) is 14.8. The Hall–Kier alpha value is -1.27. The number of alkyl halides is 3. The van der Waals surface area contributed by atoms with E-state index in [1.54, 1.807) is 24.3 Å². The van der Waals surface area contributed by atoms with Crippen molar-refractivity contribution in [1.29, 1.82) is 0 Å². The lowest BCUT2D eigenvalue weighted by molar-refractivity contribution is -0.138. The fraction of sp³-hybridized carbons (Fsp3) is 0.333. The normalized spacial score (nSPS) is 17.5. The molecule has 0 aliphatic carbocycles. The molecule has 1 aliphatic heterocycles. The van der Waals surface area contributed by atoms with E-state index in [1.165, 1.54) is 12.1 Å². The maximum atomic E-state index is 13.6. The first-order valence-corrected chi connectivity index (χ1v) is 8.69. The minimum Gasteiger partial charge on any atom is -0.314 e. The predicted molar refractivity (Wildman–Crippen MR) is 94.2 cm³/mol. The van der Waals surface area contributed by atoms with Crippen LogP contribution in [-0.4, -0.2) is 31.1 Å². The van der Waals surface area contributed by atoms with E-state index in [4.69, 9.17) is 23.2 Å². The third-order valence-corrected chi connectivity index (χ3v) is 4.90. The van der Waals surface area contributed by atoms with Gasteiger partial charge in [0.25, 0.3) is 0 Å². The van der Waals surface area contributed by atoms with E-state index in [9.17, 15) is 13.2 Å². The Balaban J connectivity index is 2.15. The van der Waals surface area contributed by atoms with Crippen LogP contribution in [0.15, 0.2) is 42.5 Å². The Morgan fingerprint density at radius 3 is 2.28 bits per heavy atom. The first-order valence-electron chi connectivity index (χ1n) is 7.94. The first kappa shape index (κ1) is 18.5. The highest BCUT2D eigenvalue weighted by atomic mass is 35.5.